The number of carbonyl (C=O) groups excluding carboxylic acids is 2. The van der Waals surface area contributed by atoms with Crippen molar-refractivity contribution in [3.63, 3.8) is 0 Å². The quantitative estimate of drug-likeness (QED) is 0.324. The summed E-state index contributed by atoms with van der Waals surface area (Å²) in [5.74, 6) is 0.136. The molecule has 0 saturated carbocycles. The van der Waals surface area contributed by atoms with Crippen LogP contribution in [-0.4, -0.2) is 18.4 Å². The Morgan fingerprint density at radius 2 is 1.70 bits per heavy atom. The lowest BCUT2D eigenvalue weighted by atomic mass is 10.1. The number of anilines is 1. The minimum Gasteiger partial charge on any atom is -0.490 e. The molecule has 1 heterocycles. The number of hydrogen-bond donors (Lipinski definition) is 1. The molecule has 4 rings (SSSR count). The minimum atomic E-state index is -0.475. The highest BCUT2D eigenvalue weighted by molar-refractivity contribution is 9.10. The predicted octanol–water partition coefficient (Wildman–Crippen LogP) is 5.54. The zero-order chi connectivity index (χ0) is 23.4. The van der Waals surface area contributed by atoms with Crippen molar-refractivity contribution in [3.8, 4) is 11.5 Å². The standard InChI is InChI=1S/C25H20BrClN2O4/c1-2-32-22-13-17(21(26)14-23(22)33-15-16-8-10-18(27)11-9-16)12-20-24(30)28-29(25(20)31)19-6-4-3-5-7-19/h3-14H,2,15H2,1H3,(H,28,30)/b20-12-. The van der Waals surface area contributed by atoms with Gasteiger partial charge in [-0.25, -0.2) is 5.01 Å². The van der Waals surface area contributed by atoms with Crippen molar-refractivity contribution in [1.82, 2.24) is 5.43 Å². The highest BCUT2D eigenvalue weighted by Crippen LogP contribution is 2.36. The van der Waals surface area contributed by atoms with E-state index in [0.29, 0.717) is 45.5 Å². The van der Waals surface area contributed by atoms with Gasteiger partial charge in [-0.15, -0.1) is 0 Å². The number of hydrogen-bond acceptors (Lipinski definition) is 4. The monoisotopic (exact) mass is 526 g/mol. The molecule has 1 N–H and O–H groups in total. The van der Waals surface area contributed by atoms with Crippen LogP contribution >= 0.6 is 27.5 Å². The molecule has 1 saturated heterocycles. The molecule has 168 valence electrons. The molecule has 33 heavy (non-hydrogen) atoms. The van der Waals surface area contributed by atoms with Gasteiger partial charge in [-0.1, -0.05) is 57.9 Å². The maximum atomic E-state index is 12.9. The fourth-order valence-corrected chi connectivity index (χ4v) is 3.82. The summed E-state index contributed by atoms with van der Waals surface area (Å²) >= 11 is 9.46. The Hall–Kier alpha value is -3.29. The summed E-state index contributed by atoms with van der Waals surface area (Å²) in [6.07, 6.45) is 1.54. The molecule has 8 heteroatoms. The maximum Gasteiger partial charge on any atom is 0.282 e. The van der Waals surface area contributed by atoms with E-state index in [2.05, 4.69) is 21.4 Å². The van der Waals surface area contributed by atoms with Gasteiger partial charge >= 0.3 is 0 Å². The number of para-hydroxylation sites is 1. The summed E-state index contributed by atoms with van der Waals surface area (Å²) in [7, 11) is 0. The Morgan fingerprint density at radius 3 is 2.39 bits per heavy atom. The van der Waals surface area contributed by atoms with Crippen LogP contribution in [0.15, 0.2) is 76.8 Å². The summed E-state index contributed by atoms with van der Waals surface area (Å²) in [4.78, 5) is 25.4. The van der Waals surface area contributed by atoms with E-state index >= 15 is 0 Å². The van der Waals surface area contributed by atoms with E-state index in [9.17, 15) is 9.59 Å². The number of nitrogens with zero attached hydrogens (tertiary/aromatic N) is 1. The Labute approximate surface area is 204 Å². The maximum absolute atomic E-state index is 12.9. The average Bonchev–Trinajstić information content (AvgIpc) is 3.10. The van der Waals surface area contributed by atoms with Crippen molar-refractivity contribution in [2.45, 2.75) is 13.5 Å². The molecule has 1 aliphatic heterocycles. The van der Waals surface area contributed by atoms with Gasteiger partial charge in [0.05, 0.1) is 12.3 Å². The molecular formula is C25H20BrClN2O4. The highest BCUT2D eigenvalue weighted by Gasteiger charge is 2.34. The summed E-state index contributed by atoms with van der Waals surface area (Å²) in [5.41, 5.74) is 4.78. The van der Waals surface area contributed by atoms with Crippen LogP contribution in [0.3, 0.4) is 0 Å². The Balaban J connectivity index is 1.60. The van der Waals surface area contributed by atoms with Gasteiger partial charge in [0.15, 0.2) is 11.5 Å². The van der Waals surface area contributed by atoms with Crippen molar-refractivity contribution in [1.29, 1.82) is 0 Å². The van der Waals surface area contributed by atoms with Crippen molar-refractivity contribution in [3.05, 3.63) is 92.9 Å². The minimum absolute atomic E-state index is 0.0248. The third-order valence-corrected chi connectivity index (χ3v) is 5.81. The Kier molecular flexibility index (Phi) is 7.01. The number of ether oxygens (including phenoxy) is 2. The number of hydrazine groups is 1. The molecule has 3 aromatic rings. The summed E-state index contributed by atoms with van der Waals surface area (Å²) < 4.78 is 12.4. The molecule has 0 unspecified atom stereocenters. The Morgan fingerprint density at radius 1 is 1.00 bits per heavy atom. The fourth-order valence-electron chi connectivity index (χ4n) is 3.26. The third kappa shape index (κ3) is 5.21. The average molecular weight is 528 g/mol. The predicted molar refractivity (Wildman–Crippen MR) is 131 cm³/mol. The summed E-state index contributed by atoms with van der Waals surface area (Å²) in [6, 6.07) is 19.8. The second-order valence-electron chi connectivity index (χ2n) is 7.14. The van der Waals surface area contributed by atoms with Gasteiger partial charge in [0.2, 0.25) is 0 Å². The van der Waals surface area contributed by atoms with E-state index in [0.717, 1.165) is 5.56 Å². The lowest BCUT2D eigenvalue weighted by molar-refractivity contribution is -0.117. The molecule has 1 fully saturated rings. The number of benzene rings is 3. The second kappa shape index (κ2) is 10.1. The number of amides is 2. The lowest BCUT2D eigenvalue weighted by Crippen LogP contribution is -2.35. The first-order chi connectivity index (χ1) is 16.0. The number of rotatable bonds is 7. The smallest absolute Gasteiger partial charge is 0.282 e. The summed E-state index contributed by atoms with van der Waals surface area (Å²) in [6.45, 7) is 2.63. The third-order valence-electron chi connectivity index (χ3n) is 4.88. The molecule has 6 nitrogen and oxygen atoms in total. The van der Waals surface area contributed by atoms with Crippen molar-refractivity contribution >= 4 is 51.1 Å². The SMILES string of the molecule is CCOc1cc(/C=C2/C(=O)NN(c3ccccc3)C2=O)c(Br)cc1OCc1ccc(Cl)cc1. The molecule has 0 aliphatic carbocycles. The van der Waals surface area contributed by atoms with Crippen molar-refractivity contribution in [2.75, 3.05) is 11.6 Å². The van der Waals surface area contributed by atoms with Crippen LogP contribution in [0.1, 0.15) is 18.1 Å². The normalized spacial score (nSPS) is 14.5. The molecular weight excluding hydrogens is 508 g/mol. The van der Waals surface area contributed by atoms with Crippen LogP contribution in [0.5, 0.6) is 11.5 Å². The summed E-state index contributed by atoms with van der Waals surface area (Å²) in [5, 5.41) is 1.89. The number of carbonyl (C=O) groups is 2. The van der Waals surface area contributed by atoms with Crippen LogP contribution in [0.25, 0.3) is 6.08 Å². The van der Waals surface area contributed by atoms with E-state index < -0.39 is 11.8 Å². The van der Waals surface area contributed by atoms with Gasteiger partial charge in [0.1, 0.15) is 12.2 Å². The Bertz CT molecular complexity index is 1210. The van der Waals surface area contributed by atoms with E-state index in [-0.39, 0.29) is 5.57 Å². The van der Waals surface area contributed by atoms with Crippen molar-refractivity contribution in [2.24, 2.45) is 0 Å². The zero-order valence-corrected chi connectivity index (χ0v) is 20.0. The number of nitrogens with one attached hydrogen (secondary N) is 1. The first-order valence-electron chi connectivity index (χ1n) is 10.2. The first kappa shape index (κ1) is 22.9. The van der Waals surface area contributed by atoms with Gasteiger partial charge < -0.3 is 9.47 Å². The second-order valence-corrected chi connectivity index (χ2v) is 8.43. The van der Waals surface area contributed by atoms with Gasteiger partial charge in [-0.3, -0.25) is 15.0 Å². The molecule has 3 aromatic carbocycles. The molecule has 2 amide bonds. The van der Waals surface area contributed by atoms with Gasteiger partial charge in [0, 0.05) is 9.50 Å². The largest absolute Gasteiger partial charge is 0.490 e. The van der Waals surface area contributed by atoms with E-state index in [1.807, 2.05) is 25.1 Å². The highest BCUT2D eigenvalue weighted by atomic mass is 79.9. The van der Waals surface area contributed by atoms with Crippen LogP contribution in [0.2, 0.25) is 5.02 Å². The van der Waals surface area contributed by atoms with Gasteiger partial charge in [-0.2, -0.15) is 0 Å². The molecule has 0 atom stereocenters. The number of halogens is 2. The van der Waals surface area contributed by atoms with Crippen LogP contribution in [0, 0.1) is 0 Å². The molecule has 0 aromatic heterocycles. The van der Waals surface area contributed by atoms with E-state index in [4.69, 9.17) is 21.1 Å². The van der Waals surface area contributed by atoms with E-state index in [1.54, 1.807) is 48.5 Å². The van der Waals surface area contributed by atoms with E-state index in [1.165, 1.54) is 11.1 Å². The molecule has 0 radical (unpaired) electrons. The van der Waals surface area contributed by atoms with Gasteiger partial charge in [-0.05, 0) is 60.5 Å². The lowest BCUT2D eigenvalue weighted by Gasteiger charge is -2.14. The molecule has 0 spiro atoms. The van der Waals surface area contributed by atoms with Crippen LogP contribution in [-0.2, 0) is 16.2 Å². The fraction of sp³-hybridized carbons (Fsp3) is 0.120. The van der Waals surface area contributed by atoms with Crippen LogP contribution < -0.4 is 19.9 Å². The van der Waals surface area contributed by atoms with Crippen LogP contribution in [0.4, 0.5) is 5.69 Å². The zero-order valence-electron chi connectivity index (χ0n) is 17.7. The van der Waals surface area contributed by atoms with Crippen molar-refractivity contribution < 1.29 is 19.1 Å². The van der Waals surface area contributed by atoms with Gasteiger partial charge in [0.25, 0.3) is 11.8 Å². The topological polar surface area (TPSA) is 67.9 Å². The molecule has 0 bridgehead atoms. The first-order valence-corrected chi connectivity index (χ1v) is 11.4. The molecule has 1 aliphatic rings.